The molecule has 1 unspecified atom stereocenters. The molecule has 2 N–H and O–H groups in total. The van der Waals surface area contributed by atoms with Crippen LogP contribution in [0.3, 0.4) is 0 Å². The molecular formula is C14H17F3N2. The number of nitrogens with two attached hydrogens (primary N) is 1. The summed E-state index contributed by atoms with van der Waals surface area (Å²) in [5.41, 5.74) is 5.65. The largest absolute Gasteiger partial charge is 0.430 e. The van der Waals surface area contributed by atoms with Gasteiger partial charge in [-0.1, -0.05) is 23.8 Å². The Morgan fingerprint density at radius 3 is 2.58 bits per heavy atom. The topological polar surface area (TPSA) is 38.4 Å². The molecule has 2 aliphatic rings. The molecule has 0 spiro atoms. The summed E-state index contributed by atoms with van der Waals surface area (Å²) in [5.74, 6) is 0.140. The van der Waals surface area contributed by atoms with Crippen molar-refractivity contribution in [2.45, 2.75) is 38.4 Å². The van der Waals surface area contributed by atoms with Gasteiger partial charge in [0.05, 0.1) is 6.04 Å². The zero-order chi connectivity index (χ0) is 14.0. The van der Waals surface area contributed by atoms with E-state index in [4.69, 9.17) is 5.73 Å². The average Bonchev–Trinajstić information content (AvgIpc) is 3.13. The van der Waals surface area contributed by atoms with Crippen LogP contribution in [0.5, 0.6) is 0 Å². The van der Waals surface area contributed by atoms with Gasteiger partial charge in [0.25, 0.3) is 0 Å². The highest BCUT2D eigenvalue weighted by atomic mass is 19.4. The van der Waals surface area contributed by atoms with Crippen LogP contribution < -0.4 is 5.73 Å². The number of hydrogen-bond acceptors (Lipinski definition) is 2. The van der Waals surface area contributed by atoms with E-state index in [-0.39, 0.29) is 12.0 Å². The predicted octanol–water partition coefficient (Wildman–Crippen LogP) is 3.52. The minimum absolute atomic E-state index is 0.0726. The number of halogens is 3. The second kappa shape index (κ2) is 5.23. The first-order valence-electron chi connectivity index (χ1n) is 6.33. The Balaban J connectivity index is 2.15. The fourth-order valence-electron chi connectivity index (χ4n) is 1.88. The molecule has 0 saturated heterocycles. The molecule has 104 valence electrons. The third-order valence-electron chi connectivity index (χ3n) is 3.20. The van der Waals surface area contributed by atoms with Crippen LogP contribution in [0, 0.1) is 5.92 Å². The minimum Gasteiger partial charge on any atom is -0.395 e. The van der Waals surface area contributed by atoms with Gasteiger partial charge < -0.3 is 5.73 Å². The van der Waals surface area contributed by atoms with Crippen molar-refractivity contribution in [2.24, 2.45) is 16.6 Å². The standard InChI is InChI=1S/C14H17F3N2/c1-9-2-6-11(7-3-9)19-12(10-4-5-10)8-13(18)14(15,16)17/h2-3,6,8,10-11H,4-5,7,18H2,1H3. The van der Waals surface area contributed by atoms with Gasteiger partial charge in [0.15, 0.2) is 0 Å². The maximum atomic E-state index is 12.5. The van der Waals surface area contributed by atoms with E-state index in [1.807, 2.05) is 25.2 Å². The molecule has 0 amide bonds. The Morgan fingerprint density at radius 2 is 2.11 bits per heavy atom. The first-order chi connectivity index (χ1) is 8.86. The van der Waals surface area contributed by atoms with Gasteiger partial charge in [-0.05, 0) is 32.3 Å². The Kier molecular flexibility index (Phi) is 3.83. The van der Waals surface area contributed by atoms with Gasteiger partial charge in [0.1, 0.15) is 5.70 Å². The number of allylic oxidation sites excluding steroid dienone is 4. The normalized spacial score (nSPS) is 25.5. The summed E-state index contributed by atoms with van der Waals surface area (Å²) in [6.07, 6.45) is 4.95. The maximum Gasteiger partial charge on any atom is 0.430 e. The molecule has 0 aromatic heterocycles. The fraction of sp³-hybridized carbons (Fsp3) is 0.500. The van der Waals surface area contributed by atoms with Crippen LogP contribution in [0.4, 0.5) is 13.2 Å². The summed E-state index contributed by atoms with van der Waals surface area (Å²) in [7, 11) is 0. The zero-order valence-electron chi connectivity index (χ0n) is 10.7. The van der Waals surface area contributed by atoms with E-state index < -0.39 is 11.9 Å². The van der Waals surface area contributed by atoms with Gasteiger partial charge in [0, 0.05) is 11.6 Å². The van der Waals surface area contributed by atoms with E-state index in [2.05, 4.69) is 4.99 Å². The molecule has 2 aliphatic carbocycles. The lowest BCUT2D eigenvalue weighted by molar-refractivity contribution is -0.0925. The lowest BCUT2D eigenvalue weighted by atomic mass is 10.0. The molecule has 2 nitrogen and oxygen atoms in total. The predicted molar refractivity (Wildman–Crippen MR) is 69.8 cm³/mol. The van der Waals surface area contributed by atoms with Crippen molar-refractivity contribution in [3.05, 3.63) is 35.6 Å². The molecule has 1 fully saturated rings. The van der Waals surface area contributed by atoms with Crippen molar-refractivity contribution < 1.29 is 13.2 Å². The van der Waals surface area contributed by atoms with Gasteiger partial charge in [0.2, 0.25) is 0 Å². The molecule has 0 aliphatic heterocycles. The lowest BCUT2D eigenvalue weighted by Gasteiger charge is -2.13. The Bertz CT molecular complexity index is 466. The average molecular weight is 270 g/mol. The van der Waals surface area contributed by atoms with E-state index >= 15 is 0 Å². The summed E-state index contributed by atoms with van der Waals surface area (Å²) in [5, 5.41) is 0. The number of nitrogens with zero attached hydrogens (tertiary/aromatic N) is 1. The molecular weight excluding hydrogens is 253 g/mol. The second-order valence-electron chi connectivity index (χ2n) is 5.04. The van der Waals surface area contributed by atoms with E-state index in [1.54, 1.807) is 0 Å². The molecule has 19 heavy (non-hydrogen) atoms. The summed E-state index contributed by atoms with van der Waals surface area (Å²) in [6, 6.07) is -0.0726. The molecule has 0 aromatic rings. The van der Waals surface area contributed by atoms with Crippen LogP contribution >= 0.6 is 0 Å². The van der Waals surface area contributed by atoms with E-state index in [9.17, 15) is 13.2 Å². The summed E-state index contributed by atoms with van der Waals surface area (Å²) in [6.45, 7) is 1.99. The van der Waals surface area contributed by atoms with E-state index in [1.165, 1.54) is 0 Å². The highest BCUT2D eigenvalue weighted by Gasteiger charge is 2.34. The molecule has 0 heterocycles. The monoisotopic (exact) mass is 270 g/mol. The highest BCUT2D eigenvalue weighted by molar-refractivity contribution is 5.99. The Hall–Kier alpha value is -1.52. The molecule has 5 heteroatoms. The van der Waals surface area contributed by atoms with Crippen LogP contribution in [0.2, 0.25) is 0 Å². The van der Waals surface area contributed by atoms with Crippen LogP contribution in [-0.4, -0.2) is 17.9 Å². The molecule has 1 saturated carbocycles. The van der Waals surface area contributed by atoms with Crippen molar-refractivity contribution in [3.63, 3.8) is 0 Å². The summed E-state index contributed by atoms with van der Waals surface area (Å²) >= 11 is 0. The Morgan fingerprint density at radius 1 is 1.42 bits per heavy atom. The molecule has 0 aromatic carbocycles. The van der Waals surface area contributed by atoms with Crippen LogP contribution in [0.15, 0.2) is 40.6 Å². The number of hydrogen-bond donors (Lipinski definition) is 1. The summed E-state index contributed by atoms with van der Waals surface area (Å²) < 4.78 is 37.4. The minimum atomic E-state index is -4.48. The third kappa shape index (κ3) is 3.98. The van der Waals surface area contributed by atoms with E-state index in [0.717, 1.165) is 30.9 Å². The molecule has 0 radical (unpaired) electrons. The Labute approximate surface area is 110 Å². The fourth-order valence-corrected chi connectivity index (χ4v) is 1.88. The lowest BCUT2D eigenvalue weighted by Crippen LogP contribution is -2.21. The van der Waals surface area contributed by atoms with Gasteiger partial charge in [-0.15, -0.1) is 0 Å². The van der Waals surface area contributed by atoms with Crippen LogP contribution in [0.25, 0.3) is 0 Å². The van der Waals surface area contributed by atoms with Gasteiger partial charge in [-0.2, -0.15) is 13.2 Å². The maximum absolute atomic E-state index is 12.5. The van der Waals surface area contributed by atoms with Gasteiger partial charge in [-0.3, -0.25) is 4.99 Å². The number of aliphatic imine (C=N–C) groups is 1. The van der Waals surface area contributed by atoms with Crippen molar-refractivity contribution >= 4 is 5.71 Å². The van der Waals surface area contributed by atoms with Crippen molar-refractivity contribution in [2.75, 3.05) is 0 Å². The van der Waals surface area contributed by atoms with Gasteiger partial charge >= 0.3 is 6.18 Å². The smallest absolute Gasteiger partial charge is 0.395 e. The first kappa shape index (κ1) is 13.9. The van der Waals surface area contributed by atoms with Crippen molar-refractivity contribution in [3.8, 4) is 0 Å². The van der Waals surface area contributed by atoms with Crippen LogP contribution in [-0.2, 0) is 0 Å². The molecule has 1 atom stereocenters. The second-order valence-corrected chi connectivity index (χ2v) is 5.04. The quantitative estimate of drug-likeness (QED) is 0.783. The number of rotatable bonds is 3. The third-order valence-corrected chi connectivity index (χ3v) is 3.20. The van der Waals surface area contributed by atoms with Crippen LogP contribution in [0.1, 0.15) is 26.2 Å². The van der Waals surface area contributed by atoms with Crippen molar-refractivity contribution in [1.29, 1.82) is 0 Å². The SMILES string of the molecule is CC1=CCC(N=C(C=C(N)C(F)(F)F)C2CC2)C=C1. The van der Waals surface area contributed by atoms with E-state index in [0.29, 0.717) is 5.71 Å². The highest BCUT2D eigenvalue weighted by Crippen LogP contribution is 2.33. The number of alkyl halides is 3. The first-order valence-corrected chi connectivity index (χ1v) is 6.33. The molecule has 0 bridgehead atoms. The van der Waals surface area contributed by atoms with Crippen molar-refractivity contribution in [1.82, 2.24) is 0 Å². The van der Waals surface area contributed by atoms with Gasteiger partial charge in [-0.25, -0.2) is 0 Å². The zero-order valence-corrected chi connectivity index (χ0v) is 10.7. The molecule has 2 rings (SSSR count). The summed E-state index contributed by atoms with van der Waals surface area (Å²) in [4.78, 5) is 4.41.